The minimum Gasteiger partial charge on any atom is -0.373 e. The molecule has 116 valence electrons. The number of hydrogen-bond donors (Lipinski definition) is 0. The first-order valence-electron chi connectivity index (χ1n) is 8.44. The molecule has 0 radical (unpaired) electrons. The Labute approximate surface area is 131 Å². The van der Waals surface area contributed by atoms with Gasteiger partial charge in [-0.1, -0.05) is 0 Å². The molecule has 0 unspecified atom stereocenters. The average molecular weight is 306 g/mol. The van der Waals surface area contributed by atoms with E-state index in [-0.39, 0.29) is 5.60 Å². The molecule has 0 aliphatic carbocycles. The van der Waals surface area contributed by atoms with Gasteiger partial charge < -0.3 is 4.74 Å². The summed E-state index contributed by atoms with van der Waals surface area (Å²) >= 11 is 1.80. The standard InChI is InChI=1S/C17H26N2OS/c1-2-7-19(6-1)16-11-17(20-13-16)4-8-18(9-5-17)12-15-3-10-21-14-15/h3,10,14,16H,1-2,4-9,11-13H2/t16-/m1/s1. The van der Waals surface area contributed by atoms with Crippen molar-refractivity contribution in [2.24, 2.45) is 0 Å². The van der Waals surface area contributed by atoms with Crippen LogP contribution in [0.4, 0.5) is 0 Å². The lowest BCUT2D eigenvalue weighted by molar-refractivity contribution is -0.0452. The Bertz CT molecular complexity index is 447. The summed E-state index contributed by atoms with van der Waals surface area (Å²) in [5, 5.41) is 4.46. The molecule has 1 spiro atoms. The lowest BCUT2D eigenvalue weighted by atomic mass is 9.87. The third kappa shape index (κ3) is 3.04. The highest BCUT2D eigenvalue weighted by Gasteiger charge is 2.44. The molecule has 0 bridgehead atoms. The van der Waals surface area contributed by atoms with Crippen molar-refractivity contribution in [2.75, 3.05) is 32.8 Å². The minimum absolute atomic E-state index is 0.207. The van der Waals surface area contributed by atoms with E-state index in [4.69, 9.17) is 4.74 Å². The Balaban J connectivity index is 1.30. The molecule has 4 heteroatoms. The Morgan fingerprint density at radius 2 is 2.00 bits per heavy atom. The molecule has 0 aromatic carbocycles. The monoisotopic (exact) mass is 306 g/mol. The van der Waals surface area contributed by atoms with Gasteiger partial charge >= 0.3 is 0 Å². The summed E-state index contributed by atoms with van der Waals surface area (Å²) in [7, 11) is 0. The highest BCUT2D eigenvalue weighted by Crippen LogP contribution is 2.38. The molecule has 3 nitrogen and oxygen atoms in total. The maximum atomic E-state index is 6.32. The van der Waals surface area contributed by atoms with Gasteiger partial charge in [-0.15, -0.1) is 0 Å². The molecule has 4 heterocycles. The van der Waals surface area contributed by atoms with E-state index in [9.17, 15) is 0 Å². The maximum Gasteiger partial charge on any atom is 0.0723 e. The second kappa shape index (κ2) is 5.99. The Hall–Kier alpha value is -0.420. The highest BCUT2D eigenvalue weighted by molar-refractivity contribution is 7.07. The van der Waals surface area contributed by atoms with Crippen LogP contribution in [0.1, 0.15) is 37.7 Å². The predicted molar refractivity (Wildman–Crippen MR) is 86.7 cm³/mol. The van der Waals surface area contributed by atoms with Gasteiger partial charge in [-0.25, -0.2) is 0 Å². The predicted octanol–water partition coefficient (Wildman–Crippen LogP) is 2.97. The summed E-state index contributed by atoms with van der Waals surface area (Å²) in [6, 6.07) is 2.96. The summed E-state index contributed by atoms with van der Waals surface area (Å²) in [6.07, 6.45) is 6.50. The molecule has 21 heavy (non-hydrogen) atoms. The van der Waals surface area contributed by atoms with Crippen LogP contribution in [0.25, 0.3) is 0 Å². The van der Waals surface area contributed by atoms with Gasteiger partial charge in [-0.3, -0.25) is 9.80 Å². The van der Waals surface area contributed by atoms with Gasteiger partial charge in [-0.05, 0) is 67.6 Å². The van der Waals surface area contributed by atoms with E-state index in [2.05, 4.69) is 26.6 Å². The fourth-order valence-corrected chi connectivity index (χ4v) is 4.93. The topological polar surface area (TPSA) is 15.7 Å². The number of ether oxygens (including phenoxy) is 1. The number of thiophene rings is 1. The molecule has 3 fully saturated rings. The Morgan fingerprint density at radius 3 is 2.71 bits per heavy atom. The quantitative estimate of drug-likeness (QED) is 0.854. The molecule has 3 aliphatic rings. The first kappa shape index (κ1) is 14.2. The van der Waals surface area contributed by atoms with E-state index < -0.39 is 0 Å². The van der Waals surface area contributed by atoms with Crippen molar-refractivity contribution in [3.63, 3.8) is 0 Å². The van der Waals surface area contributed by atoms with Crippen molar-refractivity contribution in [1.29, 1.82) is 0 Å². The van der Waals surface area contributed by atoms with Crippen LogP contribution in [0.2, 0.25) is 0 Å². The fraction of sp³-hybridized carbons (Fsp3) is 0.765. The lowest BCUT2D eigenvalue weighted by Gasteiger charge is -2.39. The van der Waals surface area contributed by atoms with Gasteiger partial charge in [0, 0.05) is 25.7 Å². The van der Waals surface area contributed by atoms with Gasteiger partial charge in [-0.2, -0.15) is 11.3 Å². The van der Waals surface area contributed by atoms with Crippen LogP contribution in [0.15, 0.2) is 16.8 Å². The molecular weight excluding hydrogens is 280 g/mol. The van der Waals surface area contributed by atoms with Crippen LogP contribution < -0.4 is 0 Å². The van der Waals surface area contributed by atoms with Crippen LogP contribution in [-0.4, -0.2) is 54.2 Å². The third-order valence-corrected chi connectivity index (χ3v) is 6.33. The lowest BCUT2D eigenvalue weighted by Crippen LogP contribution is -2.44. The van der Waals surface area contributed by atoms with E-state index >= 15 is 0 Å². The SMILES string of the molecule is c1cc(CN2CCC3(CC2)C[C@@H](N2CCCC2)CO3)cs1. The normalized spacial score (nSPS) is 30.4. The molecule has 1 aromatic rings. The molecule has 0 amide bonds. The number of rotatable bonds is 3. The Morgan fingerprint density at radius 1 is 1.19 bits per heavy atom. The molecule has 1 aromatic heterocycles. The number of hydrogen-bond acceptors (Lipinski definition) is 4. The largest absolute Gasteiger partial charge is 0.373 e. The Kier molecular flexibility index (Phi) is 4.05. The summed E-state index contributed by atoms with van der Waals surface area (Å²) in [5.74, 6) is 0. The molecule has 0 N–H and O–H groups in total. The van der Waals surface area contributed by atoms with Gasteiger partial charge in [0.25, 0.3) is 0 Å². The van der Waals surface area contributed by atoms with Gasteiger partial charge in [0.15, 0.2) is 0 Å². The molecule has 4 rings (SSSR count). The molecule has 3 aliphatic heterocycles. The van der Waals surface area contributed by atoms with Gasteiger partial charge in [0.2, 0.25) is 0 Å². The van der Waals surface area contributed by atoms with Crippen molar-refractivity contribution in [2.45, 2.75) is 50.3 Å². The zero-order valence-electron chi connectivity index (χ0n) is 12.8. The van der Waals surface area contributed by atoms with E-state index in [1.807, 2.05) is 0 Å². The number of piperidine rings is 1. The number of nitrogens with zero attached hydrogens (tertiary/aromatic N) is 2. The van der Waals surface area contributed by atoms with E-state index in [1.54, 1.807) is 11.3 Å². The second-order valence-electron chi connectivity index (χ2n) is 7.00. The maximum absolute atomic E-state index is 6.32. The summed E-state index contributed by atoms with van der Waals surface area (Å²) in [4.78, 5) is 5.27. The summed E-state index contributed by atoms with van der Waals surface area (Å²) in [6.45, 7) is 7.09. The van der Waals surface area contributed by atoms with E-state index in [0.29, 0.717) is 6.04 Å². The average Bonchev–Trinajstić information content (AvgIpc) is 3.23. The van der Waals surface area contributed by atoms with Crippen LogP contribution in [0.3, 0.4) is 0 Å². The first-order valence-corrected chi connectivity index (χ1v) is 9.39. The minimum atomic E-state index is 0.207. The van der Waals surface area contributed by atoms with Crippen molar-refractivity contribution >= 4 is 11.3 Å². The molecule has 0 saturated carbocycles. The van der Waals surface area contributed by atoms with Crippen molar-refractivity contribution in [3.05, 3.63) is 22.4 Å². The van der Waals surface area contributed by atoms with Crippen molar-refractivity contribution < 1.29 is 4.74 Å². The smallest absolute Gasteiger partial charge is 0.0723 e. The van der Waals surface area contributed by atoms with Crippen LogP contribution >= 0.6 is 11.3 Å². The zero-order valence-corrected chi connectivity index (χ0v) is 13.6. The van der Waals surface area contributed by atoms with Crippen LogP contribution in [0, 0.1) is 0 Å². The number of likely N-dealkylation sites (tertiary alicyclic amines) is 2. The highest BCUT2D eigenvalue weighted by atomic mass is 32.1. The molecular formula is C17H26N2OS. The van der Waals surface area contributed by atoms with Crippen molar-refractivity contribution in [3.8, 4) is 0 Å². The van der Waals surface area contributed by atoms with E-state index in [0.717, 1.165) is 13.2 Å². The van der Waals surface area contributed by atoms with Crippen LogP contribution in [-0.2, 0) is 11.3 Å². The second-order valence-corrected chi connectivity index (χ2v) is 7.78. The molecule has 1 atom stereocenters. The summed E-state index contributed by atoms with van der Waals surface area (Å²) in [5.41, 5.74) is 1.68. The first-order chi connectivity index (χ1) is 10.3. The van der Waals surface area contributed by atoms with Crippen LogP contribution in [0.5, 0.6) is 0 Å². The summed E-state index contributed by atoms with van der Waals surface area (Å²) < 4.78 is 6.32. The van der Waals surface area contributed by atoms with Gasteiger partial charge in [0.05, 0.1) is 12.2 Å². The van der Waals surface area contributed by atoms with Crippen molar-refractivity contribution in [1.82, 2.24) is 9.80 Å². The molecule has 3 saturated heterocycles. The zero-order chi connectivity index (χ0) is 14.1. The third-order valence-electron chi connectivity index (χ3n) is 5.60. The van der Waals surface area contributed by atoms with Gasteiger partial charge in [0.1, 0.15) is 0 Å². The fourth-order valence-electron chi connectivity index (χ4n) is 4.27. The van der Waals surface area contributed by atoms with E-state index in [1.165, 1.54) is 63.8 Å².